The smallest absolute Gasteiger partial charge is 0.123 e. The third-order valence-corrected chi connectivity index (χ3v) is 5.79. The number of piperazine rings is 1. The molecule has 0 radical (unpaired) electrons. The maximum Gasteiger partial charge on any atom is 0.123 e. The Labute approximate surface area is 143 Å². The van der Waals surface area contributed by atoms with Gasteiger partial charge in [0.15, 0.2) is 0 Å². The van der Waals surface area contributed by atoms with Gasteiger partial charge in [0.2, 0.25) is 0 Å². The predicted octanol–water partition coefficient (Wildman–Crippen LogP) is 2.14. The average Bonchev–Trinajstić information content (AvgIpc) is 3.14. The molecule has 0 spiro atoms. The van der Waals surface area contributed by atoms with Crippen molar-refractivity contribution in [3.63, 3.8) is 0 Å². The normalized spacial score (nSPS) is 24.2. The van der Waals surface area contributed by atoms with Crippen LogP contribution in [0.1, 0.15) is 12.1 Å². The Balaban J connectivity index is 1.42. The lowest BCUT2D eigenvalue weighted by atomic mass is 10.2. The third kappa shape index (κ3) is 3.08. The molecule has 2 saturated heterocycles. The molecule has 1 aromatic heterocycles. The van der Waals surface area contributed by atoms with E-state index in [-0.39, 0.29) is 5.82 Å². The van der Waals surface area contributed by atoms with Crippen LogP contribution in [0.4, 0.5) is 4.39 Å². The molecule has 2 fully saturated rings. The summed E-state index contributed by atoms with van der Waals surface area (Å²) >= 11 is 0. The van der Waals surface area contributed by atoms with Crippen molar-refractivity contribution in [2.75, 3.05) is 46.3 Å². The number of benzene rings is 1. The van der Waals surface area contributed by atoms with E-state index in [0.717, 1.165) is 30.5 Å². The number of likely N-dealkylation sites (tertiary alicyclic amines) is 1. The highest BCUT2D eigenvalue weighted by molar-refractivity contribution is 5.81. The number of likely N-dealkylation sites (N-methyl/N-ethyl adjacent to an activating group) is 1. The van der Waals surface area contributed by atoms with Crippen LogP contribution >= 0.6 is 0 Å². The van der Waals surface area contributed by atoms with Gasteiger partial charge in [-0.1, -0.05) is 0 Å². The van der Waals surface area contributed by atoms with Crippen molar-refractivity contribution in [3.8, 4) is 0 Å². The molecule has 5 heteroatoms. The molecule has 0 saturated carbocycles. The van der Waals surface area contributed by atoms with Crippen molar-refractivity contribution in [1.29, 1.82) is 0 Å². The highest BCUT2D eigenvalue weighted by atomic mass is 19.1. The fourth-order valence-electron chi connectivity index (χ4n) is 4.20. The molecule has 1 atom stereocenters. The molecule has 1 aromatic carbocycles. The number of hydrogen-bond acceptors (Lipinski definition) is 3. The topological polar surface area (TPSA) is 14.7 Å². The molecule has 3 heterocycles. The van der Waals surface area contributed by atoms with Crippen LogP contribution in [0, 0.1) is 5.82 Å². The standard InChI is InChI=1S/C19H27FN4/c1-21-7-9-24(10-8-21)17-5-6-23(13-17)14-18-12-15-11-16(20)3-4-19(15)22(18)2/h3-4,11-12,17H,5-10,13-14H2,1-2H3. The minimum absolute atomic E-state index is 0.157. The number of rotatable bonds is 3. The Hall–Kier alpha value is -1.43. The summed E-state index contributed by atoms with van der Waals surface area (Å²) in [6.07, 6.45) is 1.27. The second-order valence-electron chi connectivity index (χ2n) is 7.41. The molecule has 4 nitrogen and oxygen atoms in total. The molecule has 2 aliphatic rings. The maximum atomic E-state index is 13.4. The Kier molecular flexibility index (Phi) is 4.33. The Morgan fingerprint density at radius 3 is 2.62 bits per heavy atom. The van der Waals surface area contributed by atoms with Crippen molar-refractivity contribution in [2.24, 2.45) is 7.05 Å². The van der Waals surface area contributed by atoms with Crippen LogP contribution in [0.25, 0.3) is 10.9 Å². The van der Waals surface area contributed by atoms with Gasteiger partial charge in [0.1, 0.15) is 5.82 Å². The average molecular weight is 330 g/mol. The molecule has 2 aliphatic heterocycles. The van der Waals surface area contributed by atoms with E-state index in [1.54, 1.807) is 12.1 Å². The van der Waals surface area contributed by atoms with E-state index in [1.165, 1.54) is 38.3 Å². The first kappa shape index (κ1) is 16.1. The molecule has 0 aliphatic carbocycles. The summed E-state index contributed by atoms with van der Waals surface area (Å²) in [5, 5.41) is 1.00. The first-order chi connectivity index (χ1) is 11.6. The van der Waals surface area contributed by atoms with Gasteiger partial charge in [-0.25, -0.2) is 4.39 Å². The Bertz CT molecular complexity index is 717. The predicted molar refractivity (Wildman–Crippen MR) is 95.6 cm³/mol. The molecule has 0 N–H and O–H groups in total. The van der Waals surface area contributed by atoms with Crippen LogP contribution in [-0.4, -0.2) is 71.6 Å². The molecule has 0 amide bonds. The van der Waals surface area contributed by atoms with Gasteiger partial charge in [-0.2, -0.15) is 0 Å². The quantitative estimate of drug-likeness (QED) is 0.857. The molecule has 4 rings (SSSR count). The second-order valence-corrected chi connectivity index (χ2v) is 7.41. The van der Waals surface area contributed by atoms with Gasteiger partial charge in [-0.05, 0) is 37.7 Å². The zero-order chi connectivity index (χ0) is 16.7. The number of fused-ring (bicyclic) bond motifs is 1. The van der Waals surface area contributed by atoms with Crippen LogP contribution in [0.3, 0.4) is 0 Å². The van der Waals surface area contributed by atoms with E-state index < -0.39 is 0 Å². The molecular weight excluding hydrogens is 303 g/mol. The van der Waals surface area contributed by atoms with Crippen molar-refractivity contribution in [3.05, 3.63) is 35.8 Å². The summed E-state index contributed by atoms with van der Waals surface area (Å²) in [7, 11) is 4.30. The van der Waals surface area contributed by atoms with Gasteiger partial charge in [0.05, 0.1) is 0 Å². The second kappa shape index (κ2) is 6.47. The van der Waals surface area contributed by atoms with Gasteiger partial charge in [-0.3, -0.25) is 9.80 Å². The lowest BCUT2D eigenvalue weighted by Gasteiger charge is -2.36. The van der Waals surface area contributed by atoms with E-state index in [1.807, 2.05) is 6.07 Å². The van der Waals surface area contributed by atoms with Crippen LogP contribution in [0.15, 0.2) is 24.3 Å². The van der Waals surface area contributed by atoms with E-state index in [2.05, 4.69) is 39.4 Å². The fraction of sp³-hybridized carbons (Fsp3) is 0.579. The highest BCUT2D eigenvalue weighted by Gasteiger charge is 2.29. The summed E-state index contributed by atoms with van der Waals surface area (Å²) < 4.78 is 15.6. The summed E-state index contributed by atoms with van der Waals surface area (Å²) in [6.45, 7) is 8.03. The number of aryl methyl sites for hydroxylation is 1. The minimum atomic E-state index is -0.157. The number of aromatic nitrogens is 1. The lowest BCUT2D eigenvalue weighted by molar-refractivity contribution is 0.112. The van der Waals surface area contributed by atoms with Gasteiger partial charge < -0.3 is 9.47 Å². The van der Waals surface area contributed by atoms with Gasteiger partial charge in [0, 0.05) is 75.5 Å². The van der Waals surface area contributed by atoms with E-state index in [0.29, 0.717) is 6.04 Å². The molecule has 24 heavy (non-hydrogen) atoms. The van der Waals surface area contributed by atoms with E-state index in [9.17, 15) is 4.39 Å². The van der Waals surface area contributed by atoms with Crippen molar-refractivity contribution < 1.29 is 4.39 Å². The fourth-order valence-corrected chi connectivity index (χ4v) is 4.20. The first-order valence-corrected chi connectivity index (χ1v) is 8.99. The van der Waals surface area contributed by atoms with Gasteiger partial charge >= 0.3 is 0 Å². The summed E-state index contributed by atoms with van der Waals surface area (Å²) in [5.41, 5.74) is 2.39. The lowest BCUT2D eigenvalue weighted by Crippen LogP contribution is -2.49. The number of halogens is 1. The zero-order valence-electron chi connectivity index (χ0n) is 14.7. The number of hydrogen-bond donors (Lipinski definition) is 0. The van der Waals surface area contributed by atoms with Gasteiger partial charge in [-0.15, -0.1) is 0 Å². The zero-order valence-corrected chi connectivity index (χ0v) is 14.7. The SMILES string of the molecule is CN1CCN(C2CCN(Cc3cc4cc(F)ccc4n3C)C2)CC1. The summed E-state index contributed by atoms with van der Waals surface area (Å²) in [4.78, 5) is 7.63. The number of nitrogens with zero attached hydrogens (tertiary/aromatic N) is 4. The molecular formula is C19H27FN4. The maximum absolute atomic E-state index is 13.4. The van der Waals surface area contributed by atoms with Crippen molar-refractivity contribution >= 4 is 10.9 Å². The van der Waals surface area contributed by atoms with Crippen LogP contribution in [-0.2, 0) is 13.6 Å². The van der Waals surface area contributed by atoms with Gasteiger partial charge in [0.25, 0.3) is 0 Å². The Morgan fingerprint density at radius 1 is 1.04 bits per heavy atom. The van der Waals surface area contributed by atoms with E-state index >= 15 is 0 Å². The third-order valence-electron chi connectivity index (χ3n) is 5.79. The molecule has 1 unspecified atom stereocenters. The van der Waals surface area contributed by atoms with Crippen molar-refractivity contribution in [2.45, 2.75) is 19.0 Å². The van der Waals surface area contributed by atoms with Crippen LogP contribution in [0.5, 0.6) is 0 Å². The van der Waals surface area contributed by atoms with Crippen LogP contribution < -0.4 is 0 Å². The molecule has 0 bridgehead atoms. The van der Waals surface area contributed by atoms with Crippen molar-refractivity contribution in [1.82, 2.24) is 19.3 Å². The molecule has 2 aromatic rings. The summed E-state index contributed by atoms with van der Waals surface area (Å²) in [5.74, 6) is -0.157. The van der Waals surface area contributed by atoms with Crippen LogP contribution in [0.2, 0.25) is 0 Å². The largest absolute Gasteiger partial charge is 0.346 e. The summed E-state index contributed by atoms with van der Waals surface area (Å²) in [6, 6.07) is 7.90. The molecule has 130 valence electrons. The Morgan fingerprint density at radius 2 is 1.83 bits per heavy atom. The van der Waals surface area contributed by atoms with E-state index in [4.69, 9.17) is 0 Å². The highest BCUT2D eigenvalue weighted by Crippen LogP contribution is 2.24. The monoisotopic (exact) mass is 330 g/mol. The minimum Gasteiger partial charge on any atom is -0.346 e. The first-order valence-electron chi connectivity index (χ1n) is 8.99.